The lowest BCUT2D eigenvalue weighted by Crippen LogP contribution is -2.36. The van der Waals surface area contributed by atoms with E-state index < -0.39 is 9.84 Å². The van der Waals surface area contributed by atoms with Crippen molar-refractivity contribution in [3.63, 3.8) is 0 Å². The number of benzene rings is 1. The molecule has 5 nitrogen and oxygen atoms in total. The number of hydrogen-bond acceptors (Lipinski definition) is 3. The summed E-state index contributed by atoms with van der Waals surface area (Å²) < 4.78 is 24.7. The third-order valence-corrected chi connectivity index (χ3v) is 5.57. The van der Waals surface area contributed by atoms with E-state index in [0.717, 1.165) is 11.3 Å². The largest absolute Gasteiger partial charge is 0.352 e. The molecule has 2 heterocycles. The molecule has 116 valence electrons. The van der Waals surface area contributed by atoms with E-state index in [1.165, 1.54) is 0 Å². The molecule has 0 saturated carbocycles. The fraction of sp³-hybridized carbons (Fsp3) is 0.312. The van der Waals surface area contributed by atoms with Crippen molar-refractivity contribution >= 4 is 15.7 Å². The van der Waals surface area contributed by atoms with Crippen LogP contribution in [0.25, 0.3) is 5.69 Å². The molecule has 1 amide bonds. The van der Waals surface area contributed by atoms with E-state index in [-0.39, 0.29) is 29.9 Å². The van der Waals surface area contributed by atoms with Gasteiger partial charge in [0.15, 0.2) is 9.84 Å². The first kappa shape index (κ1) is 14.8. The number of hydrogen-bond donors (Lipinski definition) is 1. The molecule has 1 atom stereocenters. The summed E-state index contributed by atoms with van der Waals surface area (Å²) in [6, 6.07) is 11.4. The van der Waals surface area contributed by atoms with Gasteiger partial charge in [-0.25, -0.2) is 8.42 Å². The topological polar surface area (TPSA) is 68.2 Å². The van der Waals surface area contributed by atoms with Crippen molar-refractivity contribution in [1.29, 1.82) is 0 Å². The lowest BCUT2D eigenvalue weighted by molar-refractivity contribution is -0.120. The summed E-state index contributed by atoms with van der Waals surface area (Å²) >= 11 is 0. The minimum atomic E-state index is -2.96. The normalized spacial score (nSPS) is 19.9. The Labute approximate surface area is 129 Å². The van der Waals surface area contributed by atoms with E-state index in [1.807, 2.05) is 53.4 Å². The van der Waals surface area contributed by atoms with Gasteiger partial charge in [-0.3, -0.25) is 4.79 Å². The van der Waals surface area contributed by atoms with E-state index in [9.17, 15) is 13.2 Å². The molecule has 0 aliphatic carbocycles. The fourth-order valence-electron chi connectivity index (χ4n) is 2.67. The molecule has 6 heteroatoms. The summed E-state index contributed by atoms with van der Waals surface area (Å²) in [5.74, 6) is 0.102. The quantitative estimate of drug-likeness (QED) is 0.924. The second kappa shape index (κ2) is 5.96. The van der Waals surface area contributed by atoms with Gasteiger partial charge in [0.2, 0.25) is 5.91 Å². The van der Waals surface area contributed by atoms with Crippen LogP contribution in [0.4, 0.5) is 0 Å². The second-order valence-electron chi connectivity index (χ2n) is 5.60. The van der Waals surface area contributed by atoms with Crippen LogP contribution in [0.2, 0.25) is 0 Å². The second-order valence-corrected chi connectivity index (χ2v) is 7.83. The van der Waals surface area contributed by atoms with Crippen molar-refractivity contribution in [1.82, 2.24) is 9.88 Å². The van der Waals surface area contributed by atoms with Crippen molar-refractivity contribution in [3.8, 4) is 5.69 Å². The Morgan fingerprint density at radius 1 is 1.18 bits per heavy atom. The summed E-state index contributed by atoms with van der Waals surface area (Å²) in [4.78, 5) is 12.0. The Bertz CT molecular complexity index is 749. The predicted octanol–water partition coefficient (Wildman–Crippen LogP) is 1.32. The highest BCUT2D eigenvalue weighted by atomic mass is 32.2. The molecule has 3 rings (SSSR count). The third kappa shape index (κ3) is 3.57. The molecule has 1 aliphatic rings. The van der Waals surface area contributed by atoms with Gasteiger partial charge in [0, 0.05) is 24.1 Å². The van der Waals surface area contributed by atoms with E-state index >= 15 is 0 Å². The number of amides is 1. The number of carbonyl (C=O) groups is 1. The lowest BCUT2D eigenvalue weighted by atomic mass is 10.1. The molecule has 1 saturated heterocycles. The van der Waals surface area contributed by atoms with Crippen LogP contribution in [0.15, 0.2) is 48.8 Å². The van der Waals surface area contributed by atoms with E-state index in [2.05, 4.69) is 5.32 Å². The van der Waals surface area contributed by atoms with Crippen molar-refractivity contribution in [2.45, 2.75) is 18.9 Å². The van der Waals surface area contributed by atoms with Crippen molar-refractivity contribution in [3.05, 3.63) is 54.4 Å². The van der Waals surface area contributed by atoms with E-state index in [4.69, 9.17) is 0 Å². The molecule has 22 heavy (non-hydrogen) atoms. The standard InChI is InChI=1S/C16H18N2O3S/c19-16(17-14-7-10-22(20,21)12-14)11-13-3-5-15(6-4-13)18-8-1-2-9-18/h1-6,8-9,14H,7,10-12H2,(H,17,19)/t14-/m1/s1. The Hall–Kier alpha value is -2.08. The minimum absolute atomic E-state index is 0.0608. The smallest absolute Gasteiger partial charge is 0.224 e. The zero-order chi connectivity index (χ0) is 15.6. The maximum absolute atomic E-state index is 12.0. The Balaban J connectivity index is 1.58. The van der Waals surface area contributed by atoms with E-state index in [0.29, 0.717) is 6.42 Å². The van der Waals surface area contributed by atoms with Crippen LogP contribution in [0.1, 0.15) is 12.0 Å². The third-order valence-electron chi connectivity index (χ3n) is 3.80. The highest BCUT2D eigenvalue weighted by Crippen LogP contribution is 2.13. The van der Waals surface area contributed by atoms with Gasteiger partial charge in [-0.15, -0.1) is 0 Å². The molecule has 1 fully saturated rings. The summed E-state index contributed by atoms with van der Waals surface area (Å²) in [6.45, 7) is 0. The molecule has 0 spiro atoms. The van der Waals surface area contributed by atoms with Gasteiger partial charge < -0.3 is 9.88 Å². The number of nitrogens with one attached hydrogen (secondary N) is 1. The molecule has 1 N–H and O–H groups in total. The van der Waals surface area contributed by atoms with Gasteiger partial charge >= 0.3 is 0 Å². The first-order valence-electron chi connectivity index (χ1n) is 7.24. The molecule has 1 aliphatic heterocycles. The van der Waals surface area contributed by atoms with Crippen LogP contribution in [-0.2, 0) is 21.1 Å². The Morgan fingerprint density at radius 2 is 1.86 bits per heavy atom. The first-order chi connectivity index (χ1) is 10.5. The number of rotatable bonds is 4. The maximum Gasteiger partial charge on any atom is 0.224 e. The SMILES string of the molecule is O=C(Cc1ccc(-n2cccc2)cc1)N[C@@H]1CCS(=O)(=O)C1. The van der Waals surface area contributed by atoms with Crippen LogP contribution in [0.5, 0.6) is 0 Å². The van der Waals surface area contributed by atoms with Crippen molar-refractivity contribution < 1.29 is 13.2 Å². The van der Waals surface area contributed by atoms with Gasteiger partial charge in [-0.05, 0) is 36.2 Å². The van der Waals surface area contributed by atoms with Crippen LogP contribution in [-0.4, -0.2) is 36.4 Å². The number of carbonyl (C=O) groups excluding carboxylic acids is 1. The number of nitrogens with zero attached hydrogens (tertiary/aromatic N) is 1. The molecule has 1 aromatic carbocycles. The van der Waals surface area contributed by atoms with Crippen LogP contribution in [0, 0.1) is 0 Å². The molecular weight excluding hydrogens is 300 g/mol. The molecule has 0 radical (unpaired) electrons. The highest BCUT2D eigenvalue weighted by Gasteiger charge is 2.28. The lowest BCUT2D eigenvalue weighted by Gasteiger charge is -2.11. The maximum atomic E-state index is 12.0. The molecule has 2 aromatic rings. The van der Waals surface area contributed by atoms with Gasteiger partial charge in [-0.2, -0.15) is 0 Å². The van der Waals surface area contributed by atoms with Crippen LogP contribution < -0.4 is 5.32 Å². The Morgan fingerprint density at radius 3 is 2.45 bits per heavy atom. The molecule has 0 bridgehead atoms. The Kier molecular flexibility index (Phi) is 4.02. The number of sulfone groups is 1. The fourth-order valence-corrected chi connectivity index (χ4v) is 4.34. The molecule has 1 aromatic heterocycles. The summed E-state index contributed by atoms with van der Waals surface area (Å²) in [5.41, 5.74) is 1.95. The monoisotopic (exact) mass is 318 g/mol. The van der Waals surface area contributed by atoms with Gasteiger partial charge in [0.05, 0.1) is 17.9 Å². The minimum Gasteiger partial charge on any atom is -0.352 e. The van der Waals surface area contributed by atoms with Crippen LogP contribution >= 0.6 is 0 Å². The molecule has 0 unspecified atom stereocenters. The first-order valence-corrected chi connectivity index (χ1v) is 9.06. The zero-order valence-electron chi connectivity index (χ0n) is 12.1. The summed E-state index contributed by atoms with van der Waals surface area (Å²) in [5, 5.41) is 2.80. The van der Waals surface area contributed by atoms with Crippen molar-refractivity contribution in [2.24, 2.45) is 0 Å². The zero-order valence-corrected chi connectivity index (χ0v) is 12.9. The van der Waals surface area contributed by atoms with E-state index in [1.54, 1.807) is 0 Å². The van der Waals surface area contributed by atoms with Gasteiger partial charge in [-0.1, -0.05) is 12.1 Å². The average Bonchev–Trinajstić information content (AvgIpc) is 3.09. The summed E-state index contributed by atoms with van der Waals surface area (Å²) in [7, 11) is -2.96. The number of aromatic nitrogens is 1. The van der Waals surface area contributed by atoms with Gasteiger partial charge in [0.25, 0.3) is 0 Å². The van der Waals surface area contributed by atoms with Gasteiger partial charge in [0.1, 0.15) is 0 Å². The van der Waals surface area contributed by atoms with Crippen molar-refractivity contribution in [2.75, 3.05) is 11.5 Å². The highest BCUT2D eigenvalue weighted by molar-refractivity contribution is 7.91. The summed E-state index contributed by atoms with van der Waals surface area (Å²) in [6.07, 6.45) is 4.70. The predicted molar refractivity (Wildman–Crippen MR) is 84.7 cm³/mol. The van der Waals surface area contributed by atoms with Crippen LogP contribution in [0.3, 0.4) is 0 Å². The average molecular weight is 318 g/mol. The molecular formula is C16H18N2O3S.